The van der Waals surface area contributed by atoms with Crippen LogP contribution in [-0.2, 0) is 10.0 Å². The predicted octanol–water partition coefficient (Wildman–Crippen LogP) is 2.92. The highest BCUT2D eigenvalue weighted by Crippen LogP contribution is 2.25. The second-order valence-corrected chi connectivity index (χ2v) is 6.44. The molecule has 0 aliphatic carbocycles. The number of hydrogen-bond acceptors (Lipinski definition) is 3. The molecule has 0 amide bonds. The van der Waals surface area contributed by atoms with E-state index in [0.717, 1.165) is 25.3 Å². The number of rotatable bonds is 7. The Kier molecular flexibility index (Phi) is 6.03. The van der Waals surface area contributed by atoms with Crippen LogP contribution in [-0.4, -0.2) is 15.0 Å². The molecule has 1 aromatic rings. The van der Waals surface area contributed by atoms with Crippen molar-refractivity contribution in [3.05, 3.63) is 23.0 Å². The van der Waals surface area contributed by atoms with Crippen LogP contribution in [0.3, 0.4) is 0 Å². The Morgan fingerprint density at radius 2 is 2.00 bits per heavy atom. The van der Waals surface area contributed by atoms with Crippen LogP contribution in [0.25, 0.3) is 0 Å². The van der Waals surface area contributed by atoms with Gasteiger partial charge in [-0.2, -0.15) is 0 Å². The lowest BCUT2D eigenvalue weighted by atomic mass is 10.2. The summed E-state index contributed by atoms with van der Waals surface area (Å²) < 4.78 is 39.9. The molecule has 1 aromatic carbocycles. The van der Waals surface area contributed by atoms with E-state index in [9.17, 15) is 12.8 Å². The fraction of sp³-hybridized carbons (Fsp3) is 0.500. The Balaban J connectivity index is 2.78. The van der Waals surface area contributed by atoms with Crippen molar-refractivity contribution in [2.45, 2.75) is 37.5 Å². The molecule has 19 heavy (non-hydrogen) atoms. The van der Waals surface area contributed by atoms with Crippen molar-refractivity contribution in [1.29, 1.82) is 0 Å². The van der Waals surface area contributed by atoms with Gasteiger partial charge in [-0.15, -0.1) is 0 Å². The number of nitrogens with two attached hydrogens (primary N) is 1. The summed E-state index contributed by atoms with van der Waals surface area (Å²) in [5.74, 6) is -0.967. The lowest BCUT2D eigenvalue weighted by Gasteiger charge is -2.09. The summed E-state index contributed by atoms with van der Waals surface area (Å²) in [5.41, 5.74) is 5.08. The molecule has 0 heterocycles. The zero-order valence-electron chi connectivity index (χ0n) is 10.7. The first-order chi connectivity index (χ1) is 8.88. The van der Waals surface area contributed by atoms with Gasteiger partial charge in [-0.1, -0.05) is 37.8 Å². The molecule has 0 saturated carbocycles. The van der Waals surface area contributed by atoms with Crippen LogP contribution in [0, 0.1) is 5.82 Å². The molecule has 1 rings (SSSR count). The van der Waals surface area contributed by atoms with Crippen LogP contribution >= 0.6 is 11.6 Å². The van der Waals surface area contributed by atoms with Gasteiger partial charge < -0.3 is 5.73 Å². The van der Waals surface area contributed by atoms with Crippen molar-refractivity contribution in [2.75, 3.05) is 12.3 Å². The van der Waals surface area contributed by atoms with E-state index in [0.29, 0.717) is 6.42 Å². The van der Waals surface area contributed by atoms with E-state index in [2.05, 4.69) is 11.6 Å². The summed E-state index contributed by atoms with van der Waals surface area (Å²) >= 11 is 5.69. The average molecular weight is 309 g/mol. The molecule has 0 saturated heterocycles. The summed E-state index contributed by atoms with van der Waals surface area (Å²) in [6, 6.07) is 2.23. The van der Waals surface area contributed by atoms with E-state index < -0.39 is 20.7 Å². The Bertz CT molecular complexity index is 535. The van der Waals surface area contributed by atoms with E-state index in [1.54, 1.807) is 0 Å². The second-order valence-electron chi connectivity index (χ2n) is 4.27. The number of nitrogens with one attached hydrogen (secondary N) is 1. The first-order valence-electron chi connectivity index (χ1n) is 6.12. The highest BCUT2D eigenvalue weighted by atomic mass is 35.5. The van der Waals surface area contributed by atoms with E-state index in [4.69, 9.17) is 17.3 Å². The highest BCUT2D eigenvalue weighted by molar-refractivity contribution is 7.89. The van der Waals surface area contributed by atoms with E-state index in [1.807, 2.05) is 0 Å². The molecule has 108 valence electrons. The Morgan fingerprint density at radius 3 is 2.63 bits per heavy atom. The minimum Gasteiger partial charge on any atom is -0.396 e. The maximum Gasteiger partial charge on any atom is 0.243 e. The fourth-order valence-corrected chi connectivity index (χ4v) is 3.11. The Hall–Kier alpha value is -0.850. The maximum atomic E-state index is 13.7. The van der Waals surface area contributed by atoms with Gasteiger partial charge in [0.2, 0.25) is 10.0 Å². The van der Waals surface area contributed by atoms with Gasteiger partial charge in [0.05, 0.1) is 5.69 Å². The summed E-state index contributed by atoms with van der Waals surface area (Å²) in [6.45, 7) is 2.34. The van der Waals surface area contributed by atoms with Crippen LogP contribution in [0.2, 0.25) is 5.02 Å². The lowest BCUT2D eigenvalue weighted by Crippen LogP contribution is -2.26. The largest absolute Gasteiger partial charge is 0.396 e. The standard InChI is InChI=1S/C12H18ClFN2O2S/c1-2-3-4-5-6-16-19(17,18)11-8-9(13)7-10(15)12(11)14/h7-8,16H,2-6,15H2,1H3. The summed E-state index contributed by atoms with van der Waals surface area (Å²) in [4.78, 5) is -0.506. The smallest absolute Gasteiger partial charge is 0.243 e. The molecule has 0 aliphatic heterocycles. The van der Waals surface area contributed by atoms with Gasteiger partial charge in [-0.25, -0.2) is 17.5 Å². The molecule has 4 nitrogen and oxygen atoms in total. The predicted molar refractivity (Wildman–Crippen MR) is 75.2 cm³/mol. The third kappa shape index (κ3) is 4.63. The number of benzene rings is 1. The van der Waals surface area contributed by atoms with Crippen LogP contribution in [0.15, 0.2) is 17.0 Å². The van der Waals surface area contributed by atoms with Crippen LogP contribution < -0.4 is 10.5 Å². The normalized spacial score (nSPS) is 11.7. The average Bonchev–Trinajstić information content (AvgIpc) is 2.33. The first-order valence-corrected chi connectivity index (χ1v) is 7.98. The molecule has 0 bridgehead atoms. The summed E-state index contributed by atoms with van der Waals surface area (Å²) in [6.07, 6.45) is 3.75. The number of sulfonamides is 1. The fourth-order valence-electron chi connectivity index (χ4n) is 1.62. The molecule has 7 heteroatoms. The van der Waals surface area contributed by atoms with Gasteiger partial charge >= 0.3 is 0 Å². The van der Waals surface area contributed by atoms with Crippen molar-refractivity contribution in [2.24, 2.45) is 0 Å². The van der Waals surface area contributed by atoms with Crippen LogP contribution in [0.1, 0.15) is 32.6 Å². The minimum absolute atomic E-state index is 0.0882. The highest BCUT2D eigenvalue weighted by Gasteiger charge is 2.21. The van der Waals surface area contributed by atoms with Crippen molar-refractivity contribution in [3.63, 3.8) is 0 Å². The number of hydrogen-bond donors (Lipinski definition) is 2. The van der Waals surface area contributed by atoms with Crippen molar-refractivity contribution < 1.29 is 12.8 Å². The minimum atomic E-state index is -3.91. The molecule has 0 atom stereocenters. The van der Waals surface area contributed by atoms with E-state index >= 15 is 0 Å². The molecular weight excluding hydrogens is 291 g/mol. The third-order valence-corrected chi connectivity index (χ3v) is 4.32. The number of halogens is 2. The van der Waals surface area contributed by atoms with Gasteiger partial charge in [0.1, 0.15) is 4.90 Å². The van der Waals surface area contributed by atoms with Crippen LogP contribution in [0.4, 0.5) is 10.1 Å². The SMILES string of the molecule is CCCCCCNS(=O)(=O)c1cc(Cl)cc(N)c1F. The Labute approximate surface area is 118 Å². The van der Waals surface area contributed by atoms with E-state index in [-0.39, 0.29) is 17.3 Å². The molecule has 3 N–H and O–H groups in total. The zero-order chi connectivity index (χ0) is 14.5. The molecular formula is C12H18ClFN2O2S. The topological polar surface area (TPSA) is 72.2 Å². The van der Waals surface area contributed by atoms with E-state index in [1.165, 1.54) is 6.07 Å². The first kappa shape index (κ1) is 16.2. The molecule has 0 fully saturated rings. The van der Waals surface area contributed by atoms with Gasteiger partial charge in [-0.3, -0.25) is 0 Å². The number of anilines is 1. The Morgan fingerprint density at radius 1 is 1.32 bits per heavy atom. The molecule has 0 spiro atoms. The third-order valence-electron chi connectivity index (χ3n) is 2.64. The lowest BCUT2D eigenvalue weighted by molar-refractivity contribution is 0.554. The van der Waals surface area contributed by atoms with Gasteiger partial charge in [0, 0.05) is 11.6 Å². The zero-order valence-corrected chi connectivity index (χ0v) is 12.3. The van der Waals surface area contributed by atoms with Gasteiger partial charge in [0.25, 0.3) is 0 Å². The summed E-state index contributed by atoms with van der Waals surface area (Å²) in [5, 5.41) is 0.0882. The van der Waals surface area contributed by atoms with Gasteiger partial charge in [0.15, 0.2) is 5.82 Å². The quantitative estimate of drug-likeness (QED) is 0.601. The summed E-state index contributed by atoms with van der Waals surface area (Å²) in [7, 11) is -3.91. The van der Waals surface area contributed by atoms with Crippen molar-refractivity contribution >= 4 is 27.3 Å². The monoisotopic (exact) mass is 308 g/mol. The number of nitrogen functional groups attached to an aromatic ring is 1. The van der Waals surface area contributed by atoms with Crippen molar-refractivity contribution in [1.82, 2.24) is 4.72 Å². The van der Waals surface area contributed by atoms with Crippen molar-refractivity contribution in [3.8, 4) is 0 Å². The number of unbranched alkanes of at least 4 members (excludes halogenated alkanes) is 3. The molecule has 0 unspecified atom stereocenters. The second kappa shape index (κ2) is 7.07. The van der Waals surface area contributed by atoms with Gasteiger partial charge in [-0.05, 0) is 18.6 Å². The van der Waals surface area contributed by atoms with Crippen LogP contribution in [0.5, 0.6) is 0 Å². The molecule has 0 aromatic heterocycles. The molecule has 0 aliphatic rings. The maximum absolute atomic E-state index is 13.7. The molecule has 0 radical (unpaired) electrons.